The molecular weight excluding hydrogens is 1300 g/mol. The highest BCUT2D eigenvalue weighted by atomic mass is 16.5. The average Bonchev–Trinajstić information content (AvgIpc) is 0.800. The Morgan fingerprint density at radius 1 is 0.559 bits per heavy atom. The summed E-state index contributed by atoms with van der Waals surface area (Å²) in [6, 6.07) is -8.06. The number of carbonyl (C=O) groups is 12. The monoisotopic (exact) mass is 1440 g/mol. The number of hydrogen-bond acceptors (Lipinski definition) is 17. The Hall–Kier alpha value is -6.02. The topological polar surface area (TPSA) is 294 Å². The number of carbonyl (C=O) groups excluding carboxylic acids is 12. The van der Waals surface area contributed by atoms with Crippen molar-refractivity contribution in [2.45, 2.75) is 249 Å². The Labute approximate surface area is 612 Å². The van der Waals surface area contributed by atoms with Crippen LogP contribution >= 0.6 is 0 Å². The van der Waals surface area contributed by atoms with Crippen molar-refractivity contribution in [3.05, 3.63) is 12.2 Å². The first kappa shape index (κ1) is 92.1. The fourth-order valence-electron chi connectivity index (χ4n) is 14.0. The van der Waals surface area contributed by atoms with Crippen LogP contribution in [0.2, 0.25) is 0 Å². The van der Waals surface area contributed by atoms with Crippen molar-refractivity contribution < 1.29 is 72.1 Å². The second-order valence-corrected chi connectivity index (χ2v) is 31.5. The number of likely N-dealkylation sites (N-methyl/N-ethyl adjacent to an activating group) is 7. The van der Waals surface area contributed by atoms with Crippen LogP contribution in [0, 0.1) is 59.2 Å². The predicted molar refractivity (Wildman–Crippen MR) is 396 cm³/mol. The van der Waals surface area contributed by atoms with Crippen LogP contribution in [-0.2, 0) is 67.0 Å². The Kier molecular flexibility index (Phi) is 39.8. The fraction of sp³-hybridized carbons (Fsp3) is 0.818. The van der Waals surface area contributed by atoms with Crippen molar-refractivity contribution in [2.24, 2.45) is 59.2 Å². The highest BCUT2D eigenvalue weighted by Gasteiger charge is 2.46. The van der Waals surface area contributed by atoms with Crippen LogP contribution in [0.15, 0.2) is 12.2 Å². The third-order valence-electron chi connectivity index (χ3n) is 21.1. The second kappa shape index (κ2) is 44.1. The molecule has 0 aromatic heterocycles. The number of nitrogens with one attached hydrogen (secondary N) is 2. The van der Waals surface area contributed by atoms with Crippen LogP contribution in [0.25, 0.3) is 0 Å². The number of piperazine rings is 1. The number of ether oxygens (including phenoxy) is 2. The molecule has 2 saturated heterocycles. The summed E-state index contributed by atoms with van der Waals surface area (Å²) in [7, 11) is 10.5. The van der Waals surface area contributed by atoms with Gasteiger partial charge in [-0.1, -0.05) is 116 Å². The molecule has 8 amide bonds. The maximum atomic E-state index is 15.2. The lowest BCUT2D eigenvalue weighted by Gasteiger charge is -2.41. The zero-order chi connectivity index (χ0) is 78.1. The van der Waals surface area contributed by atoms with Crippen molar-refractivity contribution in [2.75, 3.05) is 102 Å². The Balaban J connectivity index is 2.33. The number of Topliss-reactive ketones (excluding diaryl/α,β-unsaturated/α-hetero) is 4. The maximum absolute atomic E-state index is 15.2. The molecule has 2 aliphatic heterocycles. The van der Waals surface area contributed by atoms with Gasteiger partial charge in [-0.15, -0.1) is 0 Å². The summed E-state index contributed by atoms with van der Waals surface area (Å²) in [4.78, 5) is 183. The van der Waals surface area contributed by atoms with Crippen molar-refractivity contribution >= 4 is 70.4 Å². The molecule has 0 aromatic rings. The van der Waals surface area contributed by atoms with E-state index < -0.39 is 119 Å². The van der Waals surface area contributed by atoms with E-state index in [9.17, 15) is 48.3 Å². The van der Waals surface area contributed by atoms with E-state index in [1.54, 1.807) is 68.6 Å². The number of nitrogens with zero attached hydrogens (tertiary/aromatic N) is 8. The lowest BCUT2D eigenvalue weighted by atomic mass is 9.84. The average molecular weight is 1440 g/mol. The van der Waals surface area contributed by atoms with Crippen LogP contribution in [0.4, 0.5) is 0 Å². The molecule has 25 heteroatoms. The van der Waals surface area contributed by atoms with Gasteiger partial charge in [-0.2, -0.15) is 0 Å². The first-order valence-electron chi connectivity index (χ1n) is 37.7. The Morgan fingerprint density at radius 3 is 1.53 bits per heavy atom. The SMILES string of the molecule is C/C=C/C[C@@H](C)[C@@H](O)[C@@H](C(=O)N[C@@H](CC)C(=O)N(C)[C@H](C)C(C)=O)N(C)C(=O)[C@H](C(C)C)N(C)C(=O)[C@H](CC(C)C)N(C)C(=O)[C@H](CC(C)C)N(C)C(=O)[C@@H](C)CC(=O)[C@H](C)CC(=O)[C@H](CC(C)C)N(C)C(=O)[C@@H](CC(=O)[C@@H](NC)[C@H](C)COCC(=O)N1CCN(C2CCOCC2)CC1)C(C)C. The Morgan fingerprint density at radius 2 is 1.05 bits per heavy atom. The molecule has 2 aliphatic rings. The van der Waals surface area contributed by atoms with Gasteiger partial charge in [0.2, 0.25) is 47.3 Å². The molecule has 2 fully saturated rings. The Bertz CT molecular complexity index is 2780. The maximum Gasteiger partial charge on any atom is 0.248 e. The van der Waals surface area contributed by atoms with E-state index in [4.69, 9.17) is 9.47 Å². The van der Waals surface area contributed by atoms with Gasteiger partial charge < -0.3 is 59.5 Å². The molecule has 25 nitrogen and oxygen atoms in total. The molecule has 14 atom stereocenters. The number of ketones is 4. The first-order chi connectivity index (χ1) is 47.5. The molecule has 2 heterocycles. The van der Waals surface area contributed by atoms with Crippen molar-refractivity contribution in [1.82, 2.24) is 49.8 Å². The third kappa shape index (κ3) is 26.8. The number of aliphatic hydroxyl groups is 1. The lowest BCUT2D eigenvalue weighted by Crippen LogP contribution is -2.63. The number of rotatable bonds is 44. The van der Waals surface area contributed by atoms with Gasteiger partial charge in [-0.25, -0.2) is 0 Å². The standard InChI is InChI=1S/C77H136N10O15/c1-26-28-29-51(13)70(93)69(71(94)79-59(27-2)74(97)80(20)55(17)56(18)88)85(25)77(100)68(50(11)12)84(24)76(99)62(40-48(7)8)83(23)75(98)61(39-47(5)6)82(22)72(95)53(15)42-63(89)52(14)41-64(90)60(38-46(3)4)81(21)73(96)58(49(9)10)43-65(91)67(78-19)54(16)44-102-45-66(92)87-34-32-86(33-35-87)57-30-36-101-37-31-57/h26,28,46-55,57-62,67-70,78,93H,27,29-45H2,1-25H3,(H,79,94)/b28-26+/t51-,52-,53+,54-,55-,58+,59+,60+,61+,62+,67+,68+,69+,70-/m1/s1. The molecule has 102 heavy (non-hydrogen) atoms. The van der Waals surface area contributed by atoms with Crippen LogP contribution in [0.5, 0.6) is 0 Å². The molecule has 0 spiro atoms. The van der Waals surface area contributed by atoms with E-state index in [0.29, 0.717) is 32.0 Å². The molecule has 0 aliphatic carbocycles. The highest BCUT2D eigenvalue weighted by Crippen LogP contribution is 2.29. The number of amides is 8. The van der Waals surface area contributed by atoms with E-state index >= 15 is 14.4 Å². The van der Waals surface area contributed by atoms with Gasteiger partial charge in [0.15, 0.2) is 17.3 Å². The van der Waals surface area contributed by atoms with Gasteiger partial charge in [0.05, 0.1) is 30.8 Å². The molecule has 0 aromatic carbocycles. The number of hydrogen-bond donors (Lipinski definition) is 3. The summed E-state index contributed by atoms with van der Waals surface area (Å²) in [5.41, 5.74) is 0. The van der Waals surface area contributed by atoms with Crippen LogP contribution in [0.3, 0.4) is 0 Å². The highest BCUT2D eigenvalue weighted by molar-refractivity contribution is 5.99. The number of allylic oxidation sites excluding steroid dienone is 2. The molecule has 0 bridgehead atoms. The second-order valence-electron chi connectivity index (χ2n) is 31.5. The van der Waals surface area contributed by atoms with Crippen LogP contribution in [-0.4, -0.2) is 277 Å². The minimum absolute atomic E-state index is 0.0369. The van der Waals surface area contributed by atoms with Gasteiger partial charge in [0, 0.05) is 131 Å². The molecule has 0 unspecified atom stereocenters. The third-order valence-corrected chi connectivity index (χ3v) is 21.1. The van der Waals surface area contributed by atoms with Crippen LogP contribution < -0.4 is 10.6 Å². The van der Waals surface area contributed by atoms with E-state index in [-0.39, 0.29) is 116 Å². The number of aliphatic hydroxyl groups excluding tert-OH is 1. The van der Waals surface area contributed by atoms with Crippen LogP contribution in [0.1, 0.15) is 189 Å². The van der Waals surface area contributed by atoms with Gasteiger partial charge in [-0.05, 0) is 108 Å². The summed E-state index contributed by atoms with van der Waals surface area (Å²) in [5.74, 6) is -10.0. The van der Waals surface area contributed by atoms with Gasteiger partial charge in [0.25, 0.3) is 0 Å². The smallest absolute Gasteiger partial charge is 0.248 e. The summed E-state index contributed by atoms with van der Waals surface area (Å²) < 4.78 is 11.4. The van der Waals surface area contributed by atoms with Crippen molar-refractivity contribution in [1.29, 1.82) is 0 Å². The molecule has 3 N–H and O–H groups in total. The summed E-state index contributed by atoms with van der Waals surface area (Å²) in [6.07, 6.45) is 4.67. The molecule has 2 rings (SSSR count). The van der Waals surface area contributed by atoms with Gasteiger partial charge in [0.1, 0.15) is 42.6 Å². The zero-order valence-electron chi connectivity index (χ0n) is 67.2. The minimum atomic E-state index is -1.55. The summed E-state index contributed by atoms with van der Waals surface area (Å²) in [5, 5.41) is 17.8. The predicted octanol–water partition coefficient (Wildman–Crippen LogP) is 6.20. The minimum Gasteiger partial charge on any atom is -0.390 e. The van der Waals surface area contributed by atoms with E-state index in [1.807, 2.05) is 80.2 Å². The van der Waals surface area contributed by atoms with E-state index in [2.05, 4.69) is 15.5 Å². The lowest BCUT2D eigenvalue weighted by molar-refractivity contribution is -0.157. The molecule has 0 radical (unpaired) electrons. The van der Waals surface area contributed by atoms with Crippen molar-refractivity contribution in [3.63, 3.8) is 0 Å². The van der Waals surface area contributed by atoms with E-state index in [0.717, 1.165) is 44.0 Å². The quantitative estimate of drug-likeness (QED) is 0.0573. The van der Waals surface area contributed by atoms with Gasteiger partial charge in [-0.3, -0.25) is 62.4 Å². The van der Waals surface area contributed by atoms with E-state index in [1.165, 1.54) is 66.7 Å². The molecule has 584 valence electrons. The van der Waals surface area contributed by atoms with Gasteiger partial charge >= 0.3 is 0 Å². The normalized spacial score (nSPS) is 18.2. The zero-order valence-corrected chi connectivity index (χ0v) is 67.2. The largest absolute Gasteiger partial charge is 0.390 e. The molecular formula is C77H136N10O15. The fourth-order valence-corrected chi connectivity index (χ4v) is 14.0. The summed E-state index contributed by atoms with van der Waals surface area (Å²) >= 11 is 0. The molecule has 0 saturated carbocycles. The first-order valence-corrected chi connectivity index (χ1v) is 37.7. The summed E-state index contributed by atoms with van der Waals surface area (Å²) in [6.45, 7) is 36.3. The van der Waals surface area contributed by atoms with Crippen molar-refractivity contribution in [3.8, 4) is 0 Å².